The molecular formula is C13H26N2O2S. The van der Waals surface area contributed by atoms with Gasteiger partial charge in [0.05, 0.1) is 12.5 Å². The summed E-state index contributed by atoms with van der Waals surface area (Å²) in [5, 5.41) is 0.598. The second kappa shape index (κ2) is 8.77. The van der Waals surface area contributed by atoms with Gasteiger partial charge in [0.25, 0.3) is 0 Å². The van der Waals surface area contributed by atoms with Crippen molar-refractivity contribution in [1.82, 2.24) is 4.90 Å². The van der Waals surface area contributed by atoms with E-state index in [2.05, 4.69) is 6.92 Å². The van der Waals surface area contributed by atoms with E-state index in [1.807, 2.05) is 16.7 Å². The molecule has 0 aliphatic carbocycles. The van der Waals surface area contributed by atoms with E-state index < -0.39 is 0 Å². The Morgan fingerprint density at radius 1 is 1.56 bits per heavy atom. The molecule has 0 aromatic heterocycles. The molecule has 0 bridgehead atoms. The van der Waals surface area contributed by atoms with Crippen LogP contribution in [0.25, 0.3) is 0 Å². The van der Waals surface area contributed by atoms with Gasteiger partial charge in [-0.05, 0) is 18.6 Å². The fraction of sp³-hybridized carbons (Fsp3) is 0.923. The van der Waals surface area contributed by atoms with E-state index in [0.717, 1.165) is 25.3 Å². The lowest BCUT2D eigenvalue weighted by atomic mass is 10.2. The first kappa shape index (κ1) is 15.8. The van der Waals surface area contributed by atoms with E-state index in [-0.39, 0.29) is 12.0 Å². The molecule has 1 saturated heterocycles. The molecule has 1 aliphatic rings. The normalized spacial score (nSPS) is 22.6. The number of ether oxygens (including phenoxy) is 1. The van der Waals surface area contributed by atoms with Crippen molar-refractivity contribution in [1.29, 1.82) is 0 Å². The fourth-order valence-corrected chi connectivity index (χ4v) is 3.38. The van der Waals surface area contributed by atoms with Crippen LogP contribution in [-0.2, 0) is 9.53 Å². The molecule has 0 radical (unpaired) electrons. The molecule has 106 valence electrons. The van der Waals surface area contributed by atoms with Gasteiger partial charge in [-0.2, -0.15) is 11.8 Å². The predicted molar refractivity (Wildman–Crippen MR) is 76.8 cm³/mol. The Bertz CT molecular complexity index is 247. The summed E-state index contributed by atoms with van der Waals surface area (Å²) in [5.41, 5.74) is 5.57. The lowest BCUT2D eigenvalue weighted by Gasteiger charge is -2.25. The van der Waals surface area contributed by atoms with Crippen molar-refractivity contribution in [3.8, 4) is 0 Å². The van der Waals surface area contributed by atoms with Crippen LogP contribution >= 0.6 is 11.8 Å². The van der Waals surface area contributed by atoms with E-state index in [1.165, 1.54) is 12.8 Å². The van der Waals surface area contributed by atoms with Crippen molar-refractivity contribution in [3.05, 3.63) is 0 Å². The lowest BCUT2D eigenvalue weighted by Crippen LogP contribution is -2.39. The van der Waals surface area contributed by atoms with Crippen LogP contribution in [0, 0.1) is 0 Å². The van der Waals surface area contributed by atoms with E-state index in [0.29, 0.717) is 18.2 Å². The Hall–Kier alpha value is -0.260. The molecule has 0 spiro atoms. The topological polar surface area (TPSA) is 55.6 Å². The second-order valence-electron chi connectivity index (χ2n) is 4.71. The standard InChI is InChI=1S/C13H26N2O2S/c1-3-18-12-6-4-5-7-15(10-12)13(16)8-11(9-14)17-2/h11-12H,3-10,14H2,1-2H3. The highest BCUT2D eigenvalue weighted by Gasteiger charge is 2.23. The van der Waals surface area contributed by atoms with Crippen molar-refractivity contribution >= 4 is 17.7 Å². The fourth-order valence-electron chi connectivity index (χ4n) is 2.29. The summed E-state index contributed by atoms with van der Waals surface area (Å²) < 4.78 is 5.19. The van der Waals surface area contributed by atoms with Gasteiger partial charge in [0, 0.05) is 32.0 Å². The van der Waals surface area contributed by atoms with E-state index in [1.54, 1.807) is 7.11 Å². The number of rotatable bonds is 6. The highest BCUT2D eigenvalue weighted by atomic mass is 32.2. The molecule has 2 atom stereocenters. The minimum atomic E-state index is -0.141. The number of amides is 1. The number of carbonyl (C=O) groups excluding carboxylic acids is 1. The van der Waals surface area contributed by atoms with Crippen LogP contribution in [0.15, 0.2) is 0 Å². The van der Waals surface area contributed by atoms with Crippen LogP contribution in [-0.4, -0.2) is 54.7 Å². The zero-order chi connectivity index (χ0) is 13.4. The molecule has 0 aromatic carbocycles. The number of nitrogens with zero attached hydrogens (tertiary/aromatic N) is 1. The molecule has 1 fully saturated rings. The van der Waals surface area contributed by atoms with Gasteiger partial charge in [0.2, 0.25) is 5.91 Å². The van der Waals surface area contributed by atoms with Gasteiger partial charge >= 0.3 is 0 Å². The van der Waals surface area contributed by atoms with Crippen molar-refractivity contribution in [3.63, 3.8) is 0 Å². The van der Waals surface area contributed by atoms with Crippen LogP contribution in [0.5, 0.6) is 0 Å². The van der Waals surface area contributed by atoms with Gasteiger partial charge in [-0.3, -0.25) is 4.79 Å². The van der Waals surface area contributed by atoms with Crippen molar-refractivity contribution in [2.75, 3.05) is 32.5 Å². The number of hydrogen-bond acceptors (Lipinski definition) is 4. The quantitative estimate of drug-likeness (QED) is 0.797. The van der Waals surface area contributed by atoms with Crippen LogP contribution < -0.4 is 5.73 Å². The highest BCUT2D eigenvalue weighted by molar-refractivity contribution is 7.99. The zero-order valence-corrected chi connectivity index (χ0v) is 12.4. The molecular weight excluding hydrogens is 248 g/mol. The molecule has 1 aliphatic heterocycles. The Balaban J connectivity index is 2.49. The number of thioether (sulfide) groups is 1. The van der Waals surface area contributed by atoms with Crippen LogP contribution in [0.3, 0.4) is 0 Å². The van der Waals surface area contributed by atoms with Gasteiger partial charge in [-0.25, -0.2) is 0 Å². The van der Waals surface area contributed by atoms with Gasteiger partial charge < -0.3 is 15.4 Å². The van der Waals surface area contributed by atoms with Crippen LogP contribution in [0.1, 0.15) is 32.6 Å². The first-order chi connectivity index (χ1) is 8.71. The van der Waals surface area contributed by atoms with E-state index in [4.69, 9.17) is 10.5 Å². The molecule has 1 rings (SSSR count). The summed E-state index contributed by atoms with van der Waals surface area (Å²) in [6, 6.07) is 0. The van der Waals surface area contributed by atoms with Crippen LogP contribution in [0.2, 0.25) is 0 Å². The van der Waals surface area contributed by atoms with Gasteiger partial charge in [0.1, 0.15) is 0 Å². The Kier molecular flexibility index (Phi) is 7.70. The molecule has 18 heavy (non-hydrogen) atoms. The van der Waals surface area contributed by atoms with Gasteiger partial charge in [0.15, 0.2) is 0 Å². The largest absolute Gasteiger partial charge is 0.380 e. The Morgan fingerprint density at radius 2 is 2.33 bits per heavy atom. The third-order valence-electron chi connectivity index (χ3n) is 3.38. The van der Waals surface area contributed by atoms with E-state index >= 15 is 0 Å². The number of likely N-dealkylation sites (tertiary alicyclic amines) is 1. The summed E-state index contributed by atoms with van der Waals surface area (Å²) in [4.78, 5) is 14.2. The lowest BCUT2D eigenvalue weighted by molar-refractivity contribution is -0.133. The predicted octanol–water partition coefficient (Wildman–Crippen LogP) is 1.48. The maximum atomic E-state index is 12.2. The molecule has 2 unspecified atom stereocenters. The molecule has 1 heterocycles. The SMILES string of the molecule is CCSC1CCCCN(C(=O)CC(CN)OC)C1. The highest BCUT2D eigenvalue weighted by Crippen LogP contribution is 2.22. The third kappa shape index (κ3) is 5.16. The smallest absolute Gasteiger partial charge is 0.225 e. The second-order valence-corrected chi connectivity index (χ2v) is 6.29. The van der Waals surface area contributed by atoms with Crippen molar-refractivity contribution in [2.24, 2.45) is 5.73 Å². The first-order valence-corrected chi connectivity index (χ1v) is 7.88. The van der Waals surface area contributed by atoms with Gasteiger partial charge in [-0.1, -0.05) is 13.3 Å². The van der Waals surface area contributed by atoms with Crippen molar-refractivity contribution < 1.29 is 9.53 Å². The number of carbonyl (C=O) groups is 1. The summed E-state index contributed by atoms with van der Waals surface area (Å²) in [6.07, 6.45) is 3.85. The average molecular weight is 274 g/mol. The average Bonchev–Trinajstić information content (AvgIpc) is 2.62. The molecule has 2 N–H and O–H groups in total. The number of nitrogens with two attached hydrogens (primary N) is 1. The van der Waals surface area contributed by atoms with Crippen LogP contribution in [0.4, 0.5) is 0 Å². The molecule has 1 amide bonds. The Morgan fingerprint density at radius 3 is 2.94 bits per heavy atom. The molecule has 0 saturated carbocycles. The summed E-state index contributed by atoms with van der Waals surface area (Å²) in [6.45, 7) is 4.36. The summed E-state index contributed by atoms with van der Waals surface area (Å²) in [7, 11) is 1.61. The molecule has 0 aromatic rings. The number of hydrogen-bond donors (Lipinski definition) is 1. The summed E-state index contributed by atoms with van der Waals surface area (Å²) >= 11 is 1.97. The first-order valence-electron chi connectivity index (χ1n) is 6.83. The minimum Gasteiger partial charge on any atom is -0.380 e. The van der Waals surface area contributed by atoms with Gasteiger partial charge in [-0.15, -0.1) is 0 Å². The Labute approximate surface area is 115 Å². The van der Waals surface area contributed by atoms with E-state index in [9.17, 15) is 4.79 Å². The van der Waals surface area contributed by atoms with Crippen molar-refractivity contribution in [2.45, 2.75) is 44.0 Å². The minimum absolute atomic E-state index is 0.141. The summed E-state index contributed by atoms with van der Waals surface area (Å²) in [5.74, 6) is 1.31. The molecule has 4 nitrogen and oxygen atoms in total. The maximum absolute atomic E-state index is 12.2. The molecule has 5 heteroatoms. The zero-order valence-electron chi connectivity index (χ0n) is 11.6. The number of methoxy groups -OCH3 is 1. The third-order valence-corrected chi connectivity index (χ3v) is 4.57. The maximum Gasteiger partial charge on any atom is 0.225 e. The monoisotopic (exact) mass is 274 g/mol.